The van der Waals surface area contributed by atoms with Crippen molar-refractivity contribution in [3.8, 4) is 0 Å². The number of aliphatic hydroxyl groups excluding tert-OH is 1. The van der Waals surface area contributed by atoms with Crippen LogP contribution in [0.15, 0.2) is 41.8 Å². The number of nitrogens with two attached hydrogens (primary N) is 1. The predicted octanol–water partition coefficient (Wildman–Crippen LogP) is 1.70. The molecule has 4 N–H and O–H groups in total. The third-order valence-corrected chi connectivity index (χ3v) is 3.92. The lowest BCUT2D eigenvalue weighted by molar-refractivity contribution is 0.0946. The van der Waals surface area contributed by atoms with Gasteiger partial charge in [0.2, 0.25) is 5.91 Å². The molecule has 0 fully saturated rings. The van der Waals surface area contributed by atoms with Crippen molar-refractivity contribution in [1.82, 2.24) is 5.32 Å². The summed E-state index contributed by atoms with van der Waals surface area (Å²) in [6.07, 6.45) is -0.194. The number of nitrogens with one attached hydrogen (secondary N) is 1. The first-order valence-corrected chi connectivity index (χ1v) is 7.35. The lowest BCUT2D eigenvalue weighted by Gasteiger charge is -2.11. The van der Waals surface area contributed by atoms with Crippen molar-refractivity contribution in [2.45, 2.75) is 12.5 Å². The van der Waals surface area contributed by atoms with Gasteiger partial charge < -0.3 is 16.2 Å². The Kier molecular flexibility index (Phi) is 5.08. The van der Waals surface area contributed by atoms with Crippen LogP contribution in [0, 0.1) is 0 Å². The summed E-state index contributed by atoms with van der Waals surface area (Å²) < 4.78 is 0. The van der Waals surface area contributed by atoms with Crippen LogP contribution in [0.25, 0.3) is 0 Å². The van der Waals surface area contributed by atoms with Gasteiger partial charge in [0.15, 0.2) is 0 Å². The summed E-state index contributed by atoms with van der Waals surface area (Å²) in [7, 11) is 0. The fourth-order valence-electron chi connectivity index (χ4n) is 1.84. The molecule has 0 spiro atoms. The van der Waals surface area contributed by atoms with Gasteiger partial charge in [-0.15, -0.1) is 11.3 Å². The smallest absolute Gasteiger partial charge is 0.261 e. The molecule has 1 atom stereocenters. The van der Waals surface area contributed by atoms with Gasteiger partial charge in [0.1, 0.15) is 0 Å². The molecule has 0 aliphatic rings. The van der Waals surface area contributed by atoms with E-state index in [0.717, 1.165) is 5.56 Å². The van der Waals surface area contributed by atoms with Crippen molar-refractivity contribution in [2.24, 2.45) is 5.73 Å². The van der Waals surface area contributed by atoms with E-state index in [0.29, 0.717) is 23.4 Å². The Balaban J connectivity index is 1.82. The molecule has 1 unspecified atom stereocenters. The first kappa shape index (κ1) is 15.2. The van der Waals surface area contributed by atoms with Gasteiger partial charge in [-0.2, -0.15) is 0 Å². The van der Waals surface area contributed by atoms with Crippen LogP contribution in [0.1, 0.15) is 38.1 Å². The highest BCUT2D eigenvalue weighted by Gasteiger charge is 2.12. The van der Waals surface area contributed by atoms with Crippen molar-refractivity contribution < 1.29 is 14.7 Å². The summed E-state index contributed by atoms with van der Waals surface area (Å²) in [5.74, 6) is -0.822. The van der Waals surface area contributed by atoms with Crippen LogP contribution in [0.3, 0.4) is 0 Å². The van der Waals surface area contributed by atoms with Gasteiger partial charge in [-0.1, -0.05) is 30.3 Å². The molecular weight excluding hydrogens is 288 g/mol. The molecule has 2 amide bonds. The van der Waals surface area contributed by atoms with Crippen molar-refractivity contribution in [3.05, 3.63) is 57.8 Å². The van der Waals surface area contributed by atoms with Gasteiger partial charge in [-0.3, -0.25) is 9.59 Å². The summed E-state index contributed by atoms with van der Waals surface area (Å²) in [6.45, 7) is 0.346. The zero-order chi connectivity index (χ0) is 15.2. The molecule has 1 aromatic carbocycles. The Bertz CT molecular complexity index is 625. The van der Waals surface area contributed by atoms with E-state index in [1.165, 1.54) is 17.4 Å². The van der Waals surface area contributed by atoms with Crippen molar-refractivity contribution in [1.29, 1.82) is 0 Å². The first-order valence-electron chi connectivity index (χ1n) is 6.47. The average Bonchev–Trinajstić information content (AvgIpc) is 2.98. The zero-order valence-corrected chi connectivity index (χ0v) is 12.1. The van der Waals surface area contributed by atoms with Gasteiger partial charge in [0.05, 0.1) is 16.5 Å². The third kappa shape index (κ3) is 4.14. The number of amides is 2. The average molecular weight is 304 g/mol. The normalized spacial score (nSPS) is 11.9. The molecule has 0 radical (unpaired) electrons. The van der Waals surface area contributed by atoms with Crippen LogP contribution >= 0.6 is 11.3 Å². The molecule has 1 aromatic heterocycles. The van der Waals surface area contributed by atoms with Crippen molar-refractivity contribution in [3.63, 3.8) is 0 Å². The number of rotatable bonds is 6. The van der Waals surface area contributed by atoms with E-state index in [1.807, 2.05) is 30.3 Å². The number of hydrogen-bond donors (Lipinski definition) is 3. The summed E-state index contributed by atoms with van der Waals surface area (Å²) >= 11 is 1.17. The van der Waals surface area contributed by atoms with Crippen LogP contribution < -0.4 is 11.1 Å². The quantitative estimate of drug-likeness (QED) is 0.758. The van der Waals surface area contributed by atoms with Crippen molar-refractivity contribution >= 4 is 23.2 Å². The Morgan fingerprint density at radius 3 is 2.62 bits per heavy atom. The van der Waals surface area contributed by atoms with E-state index in [2.05, 4.69) is 5.32 Å². The number of carbonyl (C=O) groups is 2. The van der Waals surface area contributed by atoms with Crippen LogP contribution in [0.5, 0.6) is 0 Å². The second kappa shape index (κ2) is 7.01. The van der Waals surface area contributed by atoms with Crippen LogP contribution in [-0.2, 0) is 0 Å². The molecule has 21 heavy (non-hydrogen) atoms. The predicted molar refractivity (Wildman–Crippen MR) is 81.2 cm³/mol. The van der Waals surface area contributed by atoms with E-state index in [9.17, 15) is 14.7 Å². The van der Waals surface area contributed by atoms with E-state index >= 15 is 0 Å². The molecule has 2 aromatic rings. The molecule has 5 nitrogen and oxygen atoms in total. The molecule has 0 saturated heterocycles. The lowest BCUT2D eigenvalue weighted by atomic mass is 10.1. The van der Waals surface area contributed by atoms with E-state index in [1.54, 1.807) is 5.38 Å². The van der Waals surface area contributed by atoms with Crippen LogP contribution in [0.2, 0.25) is 0 Å². The van der Waals surface area contributed by atoms with Gasteiger partial charge in [0, 0.05) is 11.9 Å². The molecule has 2 rings (SSSR count). The molecule has 0 bridgehead atoms. The summed E-state index contributed by atoms with van der Waals surface area (Å²) in [6, 6.07) is 10.7. The Morgan fingerprint density at radius 1 is 1.29 bits per heavy atom. The highest BCUT2D eigenvalue weighted by molar-refractivity contribution is 7.12. The maximum absolute atomic E-state index is 11.9. The number of thiophene rings is 1. The molecule has 0 aliphatic heterocycles. The highest BCUT2D eigenvalue weighted by atomic mass is 32.1. The number of aliphatic hydroxyl groups is 1. The maximum atomic E-state index is 11.9. The molecule has 110 valence electrons. The largest absolute Gasteiger partial charge is 0.388 e. The summed E-state index contributed by atoms with van der Waals surface area (Å²) in [5.41, 5.74) is 6.28. The molecule has 0 aliphatic carbocycles. The minimum Gasteiger partial charge on any atom is -0.388 e. The number of benzene rings is 1. The molecule has 0 saturated carbocycles. The van der Waals surface area contributed by atoms with Gasteiger partial charge in [-0.05, 0) is 18.1 Å². The number of primary amides is 1. The van der Waals surface area contributed by atoms with Crippen LogP contribution in [-0.4, -0.2) is 23.5 Å². The summed E-state index contributed by atoms with van der Waals surface area (Å²) in [4.78, 5) is 23.3. The SMILES string of the molecule is NC(=O)c1csc(C(=O)NCCC(O)c2ccccc2)c1. The lowest BCUT2D eigenvalue weighted by Crippen LogP contribution is -2.25. The minimum absolute atomic E-state index is 0.271. The molecule has 1 heterocycles. The second-order valence-corrected chi connectivity index (χ2v) is 5.45. The third-order valence-electron chi connectivity index (χ3n) is 3.00. The Morgan fingerprint density at radius 2 is 2.00 bits per heavy atom. The van der Waals surface area contributed by atoms with Gasteiger partial charge in [0.25, 0.3) is 5.91 Å². The first-order chi connectivity index (χ1) is 10.1. The monoisotopic (exact) mass is 304 g/mol. The molecular formula is C15H16N2O3S. The standard InChI is InChI=1S/C15H16N2O3S/c16-14(19)11-8-13(21-9-11)15(20)17-7-6-12(18)10-4-2-1-3-5-10/h1-5,8-9,12,18H,6-7H2,(H2,16,19)(H,17,20). The van der Waals surface area contributed by atoms with Crippen LogP contribution in [0.4, 0.5) is 0 Å². The Hall–Kier alpha value is -2.18. The fraction of sp³-hybridized carbons (Fsp3) is 0.200. The van der Waals surface area contributed by atoms with Gasteiger partial charge >= 0.3 is 0 Å². The highest BCUT2D eigenvalue weighted by Crippen LogP contribution is 2.16. The van der Waals surface area contributed by atoms with E-state index in [4.69, 9.17) is 5.73 Å². The number of hydrogen-bond acceptors (Lipinski definition) is 4. The van der Waals surface area contributed by atoms with Gasteiger partial charge in [-0.25, -0.2) is 0 Å². The van der Waals surface area contributed by atoms with E-state index < -0.39 is 12.0 Å². The van der Waals surface area contributed by atoms with Crippen molar-refractivity contribution in [2.75, 3.05) is 6.54 Å². The maximum Gasteiger partial charge on any atom is 0.261 e. The number of carbonyl (C=O) groups excluding carboxylic acids is 2. The molecule has 6 heteroatoms. The topological polar surface area (TPSA) is 92.4 Å². The minimum atomic E-state index is -0.615. The zero-order valence-electron chi connectivity index (χ0n) is 11.3. The summed E-state index contributed by atoms with van der Waals surface area (Å²) in [5, 5.41) is 14.2. The fourth-order valence-corrected chi connectivity index (χ4v) is 2.65. The van der Waals surface area contributed by atoms with E-state index in [-0.39, 0.29) is 5.91 Å². The second-order valence-electron chi connectivity index (χ2n) is 4.53. The Labute approximate surface area is 126 Å².